The Labute approximate surface area is 209 Å². The Balaban J connectivity index is 1.26. The van der Waals surface area contributed by atoms with Crippen LogP contribution >= 0.6 is 38.6 Å². The predicted octanol–water partition coefficient (Wildman–Crippen LogP) is 7.99. The summed E-state index contributed by atoms with van der Waals surface area (Å²) < 4.78 is 13.7. The van der Waals surface area contributed by atoms with Crippen LogP contribution in [-0.4, -0.2) is 12.1 Å². The van der Waals surface area contributed by atoms with Crippen molar-refractivity contribution in [3.8, 4) is 22.1 Å². The second kappa shape index (κ2) is 9.95. The summed E-state index contributed by atoms with van der Waals surface area (Å²) in [6.07, 6.45) is 0. The van der Waals surface area contributed by atoms with Crippen molar-refractivity contribution in [1.82, 2.24) is 4.98 Å². The van der Waals surface area contributed by atoms with E-state index in [0.29, 0.717) is 18.9 Å². The highest BCUT2D eigenvalue weighted by molar-refractivity contribution is 9.10. The van der Waals surface area contributed by atoms with Crippen molar-refractivity contribution in [2.24, 2.45) is 0 Å². The first kappa shape index (κ1) is 21.9. The number of halogens is 1. The van der Waals surface area contributed by atoms with Crippen LogP contribution in [0.25, 0.3) is 20.8 Å². The van der Waals surface area contributed by atoms with E-state index in [4.69, 9.17) is 14.5 Å². The molecule has 0 spiro atoms. The predicted molar refractivity (Wildman–Crippen MR) is 142 cm³/mol. The highest BCUT2D eigenvalue weighted by Gasteiger charge is 2.13. The van der Waals surface area contributed by atoms with E-state index in [-0.39, 0.29) is 0 Å². The molecule has 2 heterocycles. The first-order valence-corrected chi connectivity index (χ1v) is 12.9. The molecule has 0 unspecified atom stereocenters. The molecule has 2 aromatic heterocycles. The van der Waals surface area contributed by atoms with Crippen LogP contribution in [0.2, 0.25) is 0 Å². The number of nitrogens with one attached hydrogen (secondary N) is 1. The number of hydrogen-bond acceptors (Lipinski definition) is 6. The normalized spacial score (nSPS) is 11.0. The van der Waals surface area contributed by atoms with Gasteiger partial charge >= 0.3 is 0 Å². The molecular weight excluding hydrogens is 516 g/mol. The van der Waals surface area contributed by atoms with Gasteiger partial charge in [0.15, 0.2) is 11.5 Å². The van der Waals surface area contributed by atoms with Gasteiger partial charge in [-0.15, -0.1) is 22.7 Å². The third-order valence-electron chi connectivity index (χ3n) is 5.15. The SMILES string of the molecule is COc1cc(CNc2ccc(-c3nc4ccccc4s3)cc2)cc(Br)c1OCc1cccs1. The van der Waals surface area contributed by atoms with Gasteiger partial charge < -0.3 is 14.8 Å². The maximum Gasteiger partial charge on any atom is 0.175 e. The lowest BCUT2D eigenvalue weighted by molar-refractivity contribution is 0.285. The molecule has 0 aliphatic carbocycles. The van der Waals surface area contributed by atoms with E-state index < -0.39 is 0 Å². The molecule has 1 N–H and O–H groups in total. The molecule has 0 saturated carbocycles. The number of thiophene rings is 1. The van der Waals surface area contributed by atoms with E-state index in [9.17, 15) is 0 Å². The molecule has 0 aliphatic rings. The highest BCUT2D eigenvalue weighted by atomic mass is 79.9. The summed E-state index contributed by atoms with van der Waals surface area (Å²) in [5, 5.41) is 6.57. The number of anilines is 1. The zero-order chi connectivity index (χ0) is 22.6. The largest absolute Gasteiger partial charge is 0.493 e. The average molecular weight is 538 g/mol. The fraction of sp³-hybridized carbons (Fsp3) is 0.115. The smallest absolute Gasteiger partial charge is 0.175 e. The molecule has 5 rings (SSSR count). The van der Waals surface area contributed by atoms with Crippen molar-refractivity contribution in [2.75, 3.05) is 12.4 Å². The fourth-order valence-electron chi connectivity index (χ4n) is 3.48. The van der Waals surface area contributed by atoms with Gasteiger partial charge in [-0.3, -0.25) is 0 Å². The number of hydrogen-bond donors (Lipinski definition) is 1. The van der Waals surface area contributed by atoms with Crippen molar-refractivity contribution in [3.63, 3.8) is 0 Å². The van der Waals surface area contributed by atoms with Gasteiger partial charge in [-0.25, -0.2) is 4.98 Å². The number of aromatic nitrogens is 1. The van der Waals surface area contributed by atoms with Crippen LogP contribution < -0.4 is 14.8 Å². The topological polar surface area (TPSA) is 43.4 Å². The lowest BCUT2D eigenvalue weighted by Gasteiger charge is -2.15. The minimum Gasteiger partial charge on any atom is -0.493 e. The van der Waals surface area contributed by atoms with Crippen LogP contribution in [0.3, 0.4) is 0 Å². The van der Waals surface area contributed by atoms with E-state index in [1.807, 2.05) is 29.6 Å². The molecule has 0 radical (unpaired) electrons. The molecule has 0 bridgehead atoms. The zero-order valence-corrected chi connectivity index (χ0v) is 21.1. The van der Waals surface area contributed by atoms with Gasteiger partial charge in [0.05, 0.1) is 21.8 Å². The maximum atomic E-state index is 6.01. The lowest BCUT2D eigenvalue weighted by Crippen LogP contribution is -2.02. The van der Waals surface area contributed by atoms with Gasteiger partial charge in [0.1, 0.15) is 11.6 Å². The fourth-order valence-corrected chi connectivity index (χ4v) is 5.67. The van der Waals surface area contributed by atoms with Crippen molar-refractivity contribution >= 4 is 54.5 Å². The third kappa shape index (κ3) is 5.05. The highest BCUT2D eigenvalue weighted by Crippen LogP contribution is 2.38. The minimum atomic E-state index is 0.519. The standard InChI is InChI=1S/C26H21BrN2O2S2/c1-30-23-14-17(13-21(27)25(23)31-16-20-5-4-12-32-20)15-28-19-10-8-18(9-11-19)26-29-22-6-2-3-7-24(22)33-26/h2-14,28H,15-16H2,1H3. The molecule has 0 amide bonds. The van der Waals surface area contributed by atoms with Gasteiger partial charge in [0.25, 0.3) is 0 Å². The molecule has 7 heteroatoms. The van der Waals surface area contributed by atoms with E-state index in [1.54, 1.807) is 29.8 Å². The van der Waals surface area contributed by atoms with Crippen molar-refractivity contribution < 1.29 is 9.47 Å². The second-order valence-electron chi connectivity index (χ2n) is 7.39. The van der Waals surface area contributed by atoms with Crippen molar-refractivity contribution in [2.45, 2.75) is 13.2 Å². The molecule has 0 saturated heterocycles. The molecule has 166 valence electrons. The Kier molecular flexibility index (Phi) is 6.62. The number of thiazole rings is 1. The Morgan fingerprint density at radius 2 is 1.85 bits per heavy atom. The number of nitrogens with zero attached hydrogens (tertiary/aromatic N) is 1. The summed E-state index contributed by atoms with van der Waals surface area (Å²) in [4.78, 5) is 5.91. The van der Waals surface area contributed by atoms with Crippen molar-refractivity contribution in [3.05, 3.63) is 93.1 Å². The van der Waals surface area contributed by atoms with Crippen LogP contribution in [0.4, 0.5) is 5.69 Å². The van der Waals surface area contributed by atoms with Crippen LogP contribution in [0.15, 0.2) is 82.6 Å². The summed E-state index contributed by atoms with van der Waals surface area (Å²) in [6, 6.07) is 24.8. The van der Waals surface area contributed by atoms with Gasteiger partial charge in [-0.2, -0.15) is 0 Å². The summed E-state index contributed by atoms with van der Waals surface area (Å²) in [5.41, 5.74) is 4.31. The average Bonchev–Trinajstić information content (AvgIpc) is 3.52. The minimum absolute atomic E-state index is 0.519. The van der Waals surface area contributed by atoms with Gasteiger partial charge in [-0.05, 0) is 81.5 Å². The quantitative estimate of drug-likeness (QED) is 0.218. The summed E-state index contributed by atoms with van der Waals surface area (Å²) in [5.74, 6) is 1.43. The summed E-state index contributed by atoms with van der Waals surface area (Å²) in [6.45, 7) is 1.19. The zero-order valence-electron chi connectivity index (χ0n) is 17.9. The number of para-hydroxylation sites is 1. The first-order valence-electron chi connectivity index (χ1n) is 10.4. The van der Waals surface area contributed by atoms with Gasteiger partial charge in [0, 0.05) is 22.7 Å². The Bertz CT molecular complexity index is 1330. The molecular formula is C26H21BrN2O2S2. The van der Waals surface area contributed by atoms with Crippen LogP contribution in [0.1, 0.15) is 10.4 Å². The Morgan fingerprint density at radius 3 is 2.61 bits per heavy atom. The van der Waals surface area contributed by atoms with E-state index in [0.717, 1.165) is 37.6 Å². The van der Waals surface area contributed by atoms with Crippen LogP contribution in [0, 0.1) is 0 Å². The van der Waals surface area contributed by atoms with E-state index >= 15 is 0 Å². The third-order valence-corrected chi connectivity index (χ3v) is 7.67. The maximum absolute atomic E-state index is 6.01. The number of ether oxygens (including phenoxy) is 2. The van der Waals surface area contributed by atoms with Gasteiger partial charge in [0.2, 0.25) is 0 Å². The van der Waals surface area contributed by atoms with Crippen LogP contribution in [0.5, 0.6) is 11.5 Å². The number of fused-ring (bicyclic) bond motifs is 1. The van der Waals surface area contributed by atoms with Crippen molar-refractivity contribution in [1.29, 1.82) is 0 Å². The summed E-state index contributed by atoms with van der Waals surface area (Å²) >= 11 is 7.03. The van der Waals surface area contributed by atoms with Crippen LogP contribution in [-0.2, 0) is 13.2 Å². The molecule has 0 aliphatic heterocycles. The second-order valence-corrected chi connectivity index (χ2v) is 10.3. The number of rotatable bonds is 8. The first-order chi connectivity index (χ1) is 16.2. The van der Waals surface area contributed by atoms with Gasteiger partial charge in [-0.1, -0.05) is 18.2 Å². The molecule has 0 fully saturated rings. The molecule has 5 aromatic rings. The Morgan fingerprint density at radius 1 is 1.00 bits per heavy atom. The number of methoxy groups -OCH3 is 1. The van der Waals surface area contributed by atoms with E-state index in [2.05, 4.69) is 69.8 Å². The molecule has 0 atom stereocenters. The summed E-state index contributed by atoms with van der Waals surface area (Å²) in [7, 11) is 1.66. The molecule has 3 aromatic carbocycles. The number of benzene rings is 3. The monoisotopic (exact) mass is 536 g/mol. The lowest BCUT2D eigenvalue weighted by atomic mass is 10.1. The molecule has 33 heavy (non-hydrogen) atoms. The van der Waals surface area contributed by atoms with E-state index in [1.165, 1.54) is 9.58 Å². The molecule has 4 nitrogen and oxygen atoms in total. The Hall–Kier alpha value is -2.87.